The van der Waals surface area contributed by atoms with E-state index < -0.39 is 0 Å². The average Bonchev–Trinajstić information content (AvgIpc) is 3.17. The third-order valence-corrected chi connectivity index (χ3v) is 5.39. The quantitative estimate of drug-likeness (QED) is 0.647. The first-order valence-corrected chi connectivity index (χ1v) is 9.86. The van der Waals surface area contributed by atoms with Gasteiger partial charge in [-0.1, -0.05) is 11.8 Å². The molecule has 0 aliphatic carbocycles. The minimum absolute atomic E-state index is 0.146. The Kier molecular flexibility index (Phi) is 5.14. The molecule has 1 aliphatic rings. The van der Waals surface area contributed by atoms with Crippen LogP contribution in [0.2, 0.25) is 0 Å². The van der Waals surface area contributed by atoms with Crippen molar-refractivity contribution < 1.29 is 14.3 Å². The first-order valence-electron chi connectivity index (χ1n) is 8.88. The molecule has 0 saturated heterocycles. The summed E-state index contributed by atoms with van der Waals surface area (Å²) >= 11 is 1.23. The Balaban J connectivity index is 1.47. The van der Waals surface area contributed by atoms with Crippen molar-refractivity contribution in [2.75, 3.05) is 36.9 Å². The van der Waals surface area contributed by atoms with E-state index in [2.05, 4.69) is 16.4 Å². The number of nitrogens with one attached hydrogen (secondary N) is 1. The second-order valence-electron chi connectivity index (χ2n) is 6.63. The number of carbonyl (C=O) groups excluding carboxylic acids is 1. The zero-order valence-electron chi connectivity index (χ0n) is 15.9. The number of thioether (sulfide) groups is 1. The summed E-state index contributed by atoms with van der Waals surface area (Å²) in [5, 5.41) is 13.6. The van der Waals surface area contributed by atoms with Gasteiger partial charge in [-0.05, 0) is 36.4 Å². The van der Waals surface area contributed by atoms with E-state index >= 15 is 0 Å². The van der Waals surface area contributed by atoms with Gasteiger partial charge in [0.2, 0.25) is 12.7 Å². The number of amides is 1. The molecule has 1 N–H and O–H groups in total. The van der Waals surface area contributed by atoms with Crippen LogP contribution in [0.1, 0.15) is 5.56 Å². The molecule has 146 valence electrons. The van der Waals surface area contributed by atoms with E-state index in [1.807, 2.05) is 49.3 Å². The number of benzene rings is 2. The van der Waals surface area contributed by atoms with Crippen molar-refractivity contribution in [1.82, 2.24) is 4.98 Å². The molecule has 2 heterocycles. The van der Waals surface area contributed by atoms with Gasteiger partial charge in [0.1, 0.15) is 11.1 Å². The molecule has 0 saturated carbocycles. The minimum Gasteiger partial charge on any atom is -0.454 e. The smallest absolute Gasteiger partial charge is 0.234 e. The van der Waals surface area contributed by atoms with Gasteiger partial charge in [-0.3, -0.25) is 4.79 Å². The molecule has 7 nitrogen and oxygen atoms in total. The predicted molar refractivity (Wildman–Crippen MR) is 113 cm³/mol. The van der Waals surface area contributed by atoms with Gasteiger partial charge in [0.05, 0.1) is 16.8 Å². The summed E-state index contributed by atoms with van der Waals surface area (Å²) in [6.07, 6.45) is 0. The Bertz CT molecular complexity index is 1120. The highest BCUT2D eigenvalue weighted by Crippen LogP contribution is 2.37. The van der Waals surface area contributed by atoms with E-state index in [0.717, 1.165) is 16.8 Å². The number of aromatic nitrogens is 1. The van der Waals surface area contributed by atoms with Crippen molar-refractivity contribution in [3.63, 3.8) is 0 Å². The fourth-order valence-electron chi connectivity index (χ4n) is 2.91. The molecule has 8 heteroatoms. The molecule has 2 aromatic carbocycles. The summed E-state index contributed by atoms with van der Waals surface area (Å²) < 4.78 is 10.8. The highest BCUT2D eigenvalue weighted by atomic mass is 32.2. The number of fused-ring (bicyclic) bond motifs is 2. The van der Waals surface area contributed by atoms with Crippen molar-refractivity contribution in [1.29, 1.82) is 5.26 Å². The lowest BCUT2D eigenvalue weighted by Gasteiger charge is -2.13. The monoisotopic (exact) mass is 406 g/mol. The molecular weight excluding hydrogens is 388 g/mol. The highest BCUT2D eigenvalue weighted by Gasteiger charge is 2.17. The zero-order chi connectivity index (χ0) is 20.4. The van der Waals surface area contributed by atoms with Gasteiger partial charge in [-0.25, -0.2) is 4.98 Å². The summed E-state index contributed by atoms with van der Waals surface area (Å²) in [5.41, 5.74) is 2.89. The maximum atomic E-state index is 12.3. The lowest BCUT2D eigenvalue weighted by Crippen LogP contribution is -2.14. The topological polar surface area (TPSA) is 87.5 Å². The van der Waals surface area contributed by atoms with Crippen LogP contribution < -0.4 is 19.7 Å². The van der Waals surface area contributed by atoms with Crippen molar-refractivity contribution >= 4 is 39.9 Å². The third-order valence-electron chi connectivity index (χ3n) is 4.40. The molecule has 0 unspecified atom stereocenters. The minimum atomic E-state index is -0.163. The van der Waals surface area contributed by atoms with E-state index in [1.54, 1.807) is 12.1 Å². The van der Waals surface area contributed by atoms with E-state index in [0.29, 0.717) is 27.6 Å². The van der Waals surface area contributed by atoms with Gasteiger partial charge in [0.15, 0.2) is 11.5 Å². The number of anilines is 2. The Labute approximate surface area is 172 Å². The summed E-state index contributed by atoms with van der Waals surface area (Å²) in [5.74, 6) is 1.25. The molecule has 0 spiro atoms. The molecule has 3 aromatic rings. The van der Waals surface area contributed by atoms with E-state index in [9.17, 15) is 10.1 Å². The number of hydrogen-bond acceptors (Lipinski definition) is 7. The first-order chi connectivity index (χ1) is 14.0. The lowest BCUT2D eigenvalue weighted by atomic mass is 10.1. The predicted octanol–water partition coefficient (Wildman–Crippen LogP) is 3.63. The molecule has 29 heavy (non-hydrogen) atoms. The van der Waals surface area contributed by atoms with Crippen LogP contribution in [-0.2, 0) is 4.79 Å². The van der Waals surface area contributed by atoms with Crippen LogP contribution in [0, 0.1) is 11.3 Å². The Morgan fingerprint density at radius 1 is 1.21 bits per heavy atom. The molecule has 1 amide bonds. The molecule has 1 aliphatic heterocycles. The molecule has 4 rings (SSSR count). The van der Waals surface area contributed by atoms with E-state index in [4.69, 9.17) is 9.47 Å². The van der Waals surface area contributed by atoms with Gasteiger partial charge >= 0.3 is 0 Å². The average molecular weight is 406 g/mol. The van der Waals surface area contributed by atoms with Gasteiger partial charge < -0.3 is 19.7 Å². The van der Waals surface area contributed by atoms with Crippen LogP contribution in [0.3, 0.4) is 0 Å². The van der Waals surface area contributed by atoms with E-state index in [1.165, 1.54) is 11.8 Å². The number of nitrogens with zero attached hydrogens (tertiary/aromatic N) is 3. The highest BCUT2D eigenvalue weighted by molar-refractivity contribution is 8.00. The van der Waals surface area contributed by atoms with Gasteiger partial charge in [-0.2, -0.15) is 5.26 Å². The largest absolute Gasteiger partial charge is 0.454 e. The number of pyridine rings is 1. The molecule has 0 bridgehead atoms. The van der Waals surface area contributed by atoms with Crippen molar-refractivity contribution in [2.24, 2.45) is 0 Å². The van der Waals surface area contributed by atoms with Crippen LogP contribution in [0.15, 0.2) is 47.5 Å². The van der Waals surface area contributed by atoms with Crippen molar-refractivity contribution in [3.05, 3.63) is 48.0 Å². The van der Waals surface area contributed by atoms with Crippen LogP contribution in [0.4, 0.5) is 11.4 Å². The first kappa shape index (κ1) is 18.9. The third kappa shape index (κ3) is 4.05. The number of nitriles is 1. The summed E-state index contributed by atoms with van der Waals surface area (Å²) in [7, 11) is 3.92. The maximum Gasteiger partial charge on any atom is 0.234 e. The standard InChI is InChI=1S/C21H18N4O3S/c1-25(2)16-5-3-15(4-6-16)23-20(26)11-29-21-14(10-22)7-13-8-18-19(28-12-27-18)9-17(13)24-21/h3-9H,11-12H2,1-2H3,(H,23,26). The lowest BCUT2D eigenvalue weighted by molar-refractivity contribution is -0.113. The van der Waals surface area contributed by atoms with Crippen molar-refractivity contribution in [2.45, 2.75) is 5.03 Å². The van der Waals surface area contributed by atoms with Gasteiger partial charge in [0, 0.05) is 36.9 Å². The molecule has 1 aromatic heterocycles. The fourth-order valence-corrected chi connectivity index (χ4v) is 3.67. The summed E-state index contributed by atoms with van der Waals surface area (Å²) in [6, 6.07) is 15.1. The van der Waals surface area contributed by atoms with E-state index in [-0.39, 0.29) is 18.5 Å². The van der Waals surface area contributed by atoms with Crippen LogP contribution in [-0.4, -0.2) is 37.5 Å². The number of carbonyl (C=O) groups is 1. The summed E-state index contributed by atoms with van der Waals surface area (Å²) in [6.45, 7) is 0.175. The van der Waals surface area contributed by atoms with Crippen molar-refractivity contribution in [3.8, 4) is 17.6 Å². The van der Waals surface area contributed by atoms with Gasteiger partial charge in [-0.15, -0.1) is 0 Å². The maximum absolute atomic E-state index is 12.3. The SMILES string of the molecule is CN(C)c1ccc(NC(=O)CSc2nc3cc4c(cc3cc2C#N)OCO4)cc1. The Morgan fingerprint density at radius 3 is 2.62 bits per heavy atom. The van der Waals surface area contributed by atoms with Crippen LogP contribution in [0.25, 0.3) is 10.9 Å². The number of ether oxygens (including phenoxy) is 2. The fraction of sp³-hybridized carbons (Fsp3) is 0.190. The molecule has 0 radical (unpaired) electrons. The number of hydrogen-bond donors (Lipinski definition) is 1. The Hall–Kier alpha value is -3.44. The van der Waals surface area contributed by atoms with Gasteiger partial charge in [0.25, 0.3) is 0 Å². The zero-order valence-corrected chi connectivity index (χ0v) is 16.7. The Morgan fingerprint density at radius 2 is 1.93 bits per heavy atom. The molecular formula is C21H18N4O3S. The molecule has 0 fully saturated rings. The second-order valence-corrected chi connectivity index (χ2v) is 7.59. The van der Waals surface area contributed by atoms with Crippen LogP contribution in [0.5, 0.6) is 11.5 Å². The summed E-state index contributed by atoms with van der Waals surface area (Å²) in [4.78, 5) is 18.9. The normalized spacial score (nSPS) is 11.9. The molecule has 0 atom stereocenters. The second kappa shape index (κ2) is 7.89. The van der Waals surface area contributed by atoms with Crippen LogP contribution >= 0.6 is 11.8 Å². The number of rotatable bonds is 5.